The predicted molar refractivity (Wildman–Crippen MR) is 164 cm³/mol. The fraction of sp³-hybridized carbons (Fsp3) is 0.441. The Morgan fingerprint density at radius 2 is 1.85 bits per heavy atom. The molecule has 7 heteroatoms. The first kappa shape index (κ1) is 28.7. The highest BCUT2D eigenvalue weighted by Crippen LogP contribution is 2.29. The van der Waals surface area contributed by atoms with Gasteiger partial charge in [-0.15, -0.1) is 0 Å². The quantitative estimate of drug-likeness (QED) is 0.256. The molecule has 2 unspecified atom stereocenters. The number of ether oxygens (including phenoxy) is 1. The summed E-state index contributed by atoms with van der Waals surface area (Å²) in [6.07, 6.45) is 2.14. The zero-order valence-corrected chi connectivity index (χ0v) is 24.9. The average Bonchev–Trinajstić information content (AvgIpc) is 3.35. The van der Waals surface area contributed by atoms with Gasteiger partial charge in [0.05, 0.1) is 11.0 Å². The Morgan fingerprint density at radius 3 is 2.61 bits per heavy atom. The number of carbonyl (C=O) groups is 2. The molecule has 0 aliphatic carbocycles. The molecular weight excluding hydrogens is 512 g/mol. The van der Waals surface area contributed by atoms with Gasteiger partial charge in [-0.2, -0.15) is 0 Å². The number of aromatic nitrogens is 2. The van der Waals surface area contributed by atoms with Gasteiger partial charge in [-0.25, -0.2) is 9.78 Å². The number of piperidine rings is 1. The Kier molecular flexibility index (Phi) is 8.34. The number of H-pyrrole nitrogens is 1. The molecule has 2 atom stereocenters. The first-order chi connectivity index (χ1) is 19.5. The van der Waals surface area contributed by atoms with Crippen LogP contribution in [0.5, 0.6) is 0 Å². The Balaban J connectivity index is 1.30. The molecule has 5 rings (SSSR count). The van der Waals surface area contributed by atoms with E-state index < -0.39 is 11.7 Å². The number of carbonyl (C=O) groups excluding carboxylic acids is 2. The monoisotopic (exact) mass is 554 g/mol. The first-order valence-electron chi connectivity index (χ1n) is 14.8. The molecule has 1 fully saturated rings. The Bertz CT molecular complexity index is 1530. The average molecular weight is 555 g/mol. The minimum absolute atomic E-state index is 0.0368. The normalized spacial score (nSPS) is 16.7. The number of rotatable bonds is 7. The van der Waals surface area contributed by atoms with Crippen molar-refractivity contribution >= 4 is 33.8 Å². The minimum atomic E-state index is -0.621. The molecule has 0 bridgehead atoms. The Labute approximate surface area is 242 Å². The van der Waals surface area contributed by atoms with Crippen LogP contribution in [-0.4, -0.2) is 51.6 Å². The third-order valence-corrected chi connectivity index (χ3v) is 7.79. The zero-order valence-electron chi connectivity index (χ0n) is 24.9. The molecule has 0 radical (unpaired) electrons. The lowest BCUT2D eigenvalue weighted by Gasteiger charge is -2.33. The van der Waals surface area contributed by atoms with Gasteiger partial charge >= 0.3 is 6.09 Å². The van der Waals surface area contributed by atoms with E-state index in [0.29, 0.717) is 25.4 Å². The molecule has 0 saturated carbocycles. The largest absolute Gasteiger partial charge is 0.444 e. The molecule has 2 N–H and O–H groups in total. The molecule has 2 heterocycles. The summed E-state index contributed by atoms with van der Waals surface area (Å²) < 4.78 is 5.54. The highest BCUT2D eigenvalue weighted by Gasteiger charge is 2.29. The molecule has 1 saturated heterocycles. The van der Waals surface area contributed by atoms with E-state index in [1.807, 2.05) is 37.8 Å². The van der Waals surface area contributed by atoms with Crippen molar-refractivity contribution in [3.05, 3.63) is 77.6 Å². The van der Waals surface area contributed by atoms with Gasteiger partial charge in [-0.05, 0) is 80.0 Å². The van der Waals surface area contributed by atoms with Gasteiger partial charge in [0, 0.05) is 31.5 Å². The lowest BCUT2D eigenvalue weighted by Crippen LogP contribution is -2.45. The fourth-order valence-corrected chi connectivity index (χ4v) is 5.66. The molecule has 1 aromatic heterocycles. The van der Waals surface area contributed by atoms with Gasteiger partial charge in [0.25, 0.3) is 0 Å². The summed E-state index contributed by atoms with van der Waals surface area (Å²) in [6, 6.07) is 20.5. The number of benzene rings is 3. The second kappa shape index (κ2) is 11.9. The smallest absolute Gasteiger partial charge is 0.407 e. The number of nitrogens with zero attached hydrogens (tertiary/aromatic N) is 2. The van der Waals surface area contributed by atoms with Crippen LogP contribution in [0.1, 0.15) is 82.7 Å². The van der Waals surface area contributed by atoms with E-state index in [4.69, 9.17) is 9.72 Å². The van der Waals surface area contributed by atoms with Crippen molar-refractivity contribution < 1.29 is 14.3 Å². The van der Waals surface area contributed by atoms with Crippen molar-refractivity contribution in [3.8, 4) is 0 Å². The Hall–Kier alpha value is -3.87. The number of aromatic amines is 1. The zero-order chi connectivity index (χ0) is 29.1. The minimum Gasteiger partial charge on any atom is -0.444 e. The summed E-state index contributed by atoms with van der Waals surface area (Å²) in [5.41, 5.74) is 3.74. The number of alkyl carbamates (subject to hydrolysis) is 1. The van der Waals surface area contributed by atoms with Crippen molar-refractivity contribution in [2.75, 3.05) is 13.1 Å². The molecule has 41 heavy (non-hydrogen) atoms. The number of likely N-dealkylation sites (tertiary alicyclic amines) is 1. The number of hydrogen-bond donors (Lipinski definition) is 2. The Morgan fingerprint density at radius 1 is 1.07 bits per heavy atom. The van der Waals surface area contributed by atoms with Crippen LogP contribution in [0.25, 0.3) is 21.8 Å². The highest BCUT2D eigenvalue weighted by atomic mass is 16.6. The van der Waals surface area contributed by atoms with Crippen molar-refractivity contribution in [3.63, 3.8) is 0 Å². The predicted octanol–water partition coefficient (Wildman–Crippen LogP) is 7.07. The second-order valence-corrected chi connectivity index (χ2v) is 12.7. The molecular formula is C34H42N4O3. The van der Waals surface area contributed by atoms with Gasteiger partial charge in [-0.1, -0.05) is 62.4 Å². The molecule has 0 spiro atoms. The van der Waals surface area contributed by atoms with Crippen LogP contribution < -0.4 is 5.32 Å². The van der Waals surface area contributed by atoms with Crippen molar-refractivity contribution in [2.45, 2.75) is 83.8 Å². The lowest BCUT2D eigenvalue weighted by atomic mass is 9.95. The van der Waals surface area contributed by atoms with Crippen molar-refractivity contribution in [2.24, 2.45) is 0 Å². The SMILES string of the molecule is CC(C)c1ccc2nc(C3CCCN(C(=O)CC(Cc4ccc5ccccc5c4)NC(=O)OC(C)(C)C)C3)[nH]c2c1. The number of imidazole rings is 1. The van der Waals surface area contributed by atoms with Crippen LogP contribution in [0.2, 0.25) is 0 Å². The number of amides is 2. The number of hydrogen-bond acceptors (Lipinski definition) is 4. The summed E-state index contributed by atoms with van der Waals surface area (Å²) in [4.78, 5) is 36.7. The van der Waals surface area contributed by atoms with Gasteiger partial charge in [-0.3, -0.25) is 4.79 Å². The third kappa shape index (κ3) is 7.26. The molecule has 4 aromatic rings. The maximum absolute atomic E-state index is 13.6. The topological polar surface area (TPSA) is 87.3 Å². The lowest BCUT2D eigenvalue weighted by molar-refractivity contribution is -0.132. The van der Waals surface area contributed by atoms with Gasteiger partial charge in [0.1, 0.15) is 11.4 Å². The van der Waals surface area contributed by atoms with Crippen LogP contribution in [0.4, 0.5) is 4.79 Å². The summed E-state index contributed by atoms with van der Waals surface area (Å²) in [7, 11) is 0. The third-order valence-electron chi connectivity index (χ3n) is 7.79. The van der Waals surface area contributed by atoms with Crippen LogP contribution in [-0.2, 0) is 16.0 Å². The van der Waals surface area contributed by atoms with E-state index in [1.165, 1.54) is 5.56 Å². The van der Waals surface area contributed by atoms with Gasteiger partial charge < -0.3 is 19.9 Å². The van der Waals surface area contributed by atoms with Gasteiger partial charge in [0.2, 0.25) is 5.91 Å². The van der Waals surface area contributed by atoms with E-state index >= 15 is 0 Å². The van der Waals surface area contributed by atoms with E-state index in [2.05, 4.69) is 72.7 Å². The molecule has 1 aliphatic rings. The fourth-order valence-electron chi connectivity index (χ4n) is 5.66. The molecule has 216 valence electrons. The highest BCUT2D eigenvalue weighted by molar-refractivity contribution is 5.83. The van der Waals surface area contributed by atoms with Crippen LogP contribution in [0, 0.1) is 0 Å². The maximum Gasteiger partial charge on any atom is 0.407 e. The molecule has 2 amide bonds. The van der Waals surface area contributed by atoms with Crippen LogP contribution >= 0.6 is 0 Å². The van der Waals surface area contributed by atoms with Crippen LogP contribution in [0.15, 0.2) is 60.7 Å². The summed E-state index contributed by atoms with van der Waals surface area (Å²) in [5.74, 6) is 1.58. The first-order valence-corrected chi connectivity index (χ1v) is 14.8. The van der Waals surface area contributed by atoms with E-state index in [0.717, 1.165) is 46.0 Å². The van der Waals surface area contributed by atoms with Crippen LogP contribution in [0.3, 0.4) is 0 Å². The van der Waals surface area contributed by atoms with E-state index in [1.54, 1.807) is 0 Å². The molecule has 1 aliphatic heterocycles. The number of fused-ring (bicyclic) bond motifs is 2. The summed E-state index contributed by atoms with van der Waals surface area (Å²) >= 11 is 0. The van der Waals surface area contributed by atoms with Gasteiger partial charge in [0.15, 0.2) is 0 Å². The summed E-state index contributed by atoms with van der Waals surface area (Å²) in [5, 5.41) is 5.29. The standard InChI is InChI=1S/C34H42N4O3/c1-22(2)25-14-15-29-30(19-25)37-32(36-29)27-11-8-16-38(21-27)31(39)20-28(35-33(40)41-34(3,4)5)18-23-12-13-24-9-6-7-10-26(24)17-23/h6-7,9-10,12-15,17,19,22,27-28H,8,11,16,18,20-21H2,1-5H3,(H,35,40)(H,36,37). The summed E-state index contributed by atoms with van der Waals surface area (Å²) in [6.45, 7) is 11.2. The van der Waals surface area contributed by atoms with Crippen molar-refractivity contribution in [1.82, 2.24) is 20.2 Å². The molecule has 7 nitrogen and oxygen atoms in total. The molecule has 3 aromatic carbocycles. The van der Waals surface area contributed by atoms with E-state index in [9.17, 15) is 9.59 Å². The van der Waals surface area contributed by atoms with Crippen molar-refractivity contribution in [1.29, 1.82) is 0 Å². The maximum atomic E-state index is 13.6. The second-order valence-electron chi connectivity index (χ2n) is 12.7. The van der Waals surface area contributed by atoms with E-state index in [-0.39, 0.29) is 24.3 Å². The number of nitrogens with one attached hydrogen (secondary N) is 2.